The summed E-state index contributed by atoms with van der Waals surface area (Å²) in [6, 6.07) is 1.64. The van der Waals surface area contributed by atoms with E-state index in [9.17, 15) is 0 Å². The molecular formula is C8H4Cl2N4. The van der Waals surface area contributed by atoms with Crippen LogP contribution in [0.25, 0.3) is 10.4 Å². The molecule has 0 aliphatic rings. The van der Waals surface area contributed by atoms with E-state index in [1.54, 1.807) is 6.07 Å². The Bertz CT molecular complexity index is 440. The molecule has 0 saturated heterocycles. The van der Waals surface area contributed by atoms with Crippen molar-refractivity contribution in [2.75, 3.05) is 6.54 Å². The van der Waals surface area contributed by atoms with Crippen molar-refractivity contribution in [3.63, 3.8) is 0 Å². The minimum Gasteiger partial charge on any atom is -0.243 e. The number of hydrogen-bond donors (Lipinski definition) is 0. The van der Waals surface area contributed by atoms with Crippen LogP contribution in [0.3, 0.4) is 0 Å². The molecule has 0 aliphatic carbocycles. The molecule has 4 nitrogen and oxygen atoms in total. The van der Waals surface area contributed by atoms with Crippen molar-refractivity contribution in [2.45, 2.75) is 0 Å². The molecular weight excluding hydrogens is 223 g/mol. The molecule has 1 rings (SSSR count). The first-order chi connectivity index (χ1) is 6.75. The van der Waals surface area contributed by atoms with Gasteiger partial charge in [-0.3, -0.25) is 0 Å². The van der Waals surface area contributed by atoms with Gasteiger partial charge in [0, 0.05) is 16.7 Å². The lowest BCUT2D eigenvalue weighted by atomic mass is 10.3. The van der Waals surface area contributed by atoms with Crippen LogP contribution in [0.1, 0.15) is 5.56 Å². The van der Waals surface area contributed by atoms with Crippen LogP contribution in [0.2, 0.25) is 10.2 Å². The first-order valence-electron chi connectivity index (χ1n) is 3.55. The summed E-state index contributed by atoms with van der Waals surface area (Å²) in [5.74, 6) is 5.35. The van der Waals surface area contributed by atoms with Gasteiger partial charge in [-0.05, 0) is 11.6 Å². The fourth-order valence-electron chi connectivity index (χ4n) is 0.716. The summed E-state index contributed by atoms with van der Waals surface area (Å²) in [6.45, 7) is 0.104. The highest BCUT2D eigenvalue weighted by Gasteiger charge is 2.01. The van der Waals surface area contributed by atoms with Gasteiger partial charge in [0.1, 0.15) is 5.15 Å². The second-order valence-electron chi connectivity index (χ2n) is 2.15. The summed E-state index contributed by atoms with van der Waals surface area (Å²) in [7, 11) is 0. The molecule has 0 aromatic carbocycles. The zero-order valence-electron chi connectivity index (χ0n) is 6.91. The Balaban J connectivity index is 2.89. The SMILES string of the molecule is [N-]=[N+]=NCC#Cc1ccnc(Cl)c1Cl. The summed E-state index contributed by atoms with van der Waals surface area (Å²) in [5, 5.41) is 3.77. The van der Waals surface area contributed by atoms with E-state index in [-0.39, 0.29) is 11.7 Å². The van der Waals surface area contributed by atoms with Gasteiger partial charge < -0.3 is 0 Å². The van der Waals surface area contributed by atoms with Crippen LogP contribution >= 0.6 is 23.2 Å². The number of pyridine rings is 1. The molecule has 0 atom stereocenters. The Hall–Kier alpha value is -1.40. The maximum Gasteiger partial charge on any atom is 0.148 e. The standard InChI is InChI=1S/C8H4Cl2N4/c9-7-6(2-1-4-13-14-11)3-5-12-8(7)10/h3,5H,4H2. The number of hydrogen-bond acceptors (Lipinski definition) is 2. The highest BCUT2D eigenvalue weighted by atomic mass is 35.5. The van der Waals surface area contributed by atoms with E-state index in [0.29, 0.717) is 10.6 Å². The predicted molar refractivity (Wildman–Crippen MR) is 55.1 cm³/mol. The molecule has 0 amide bonds. The lowest BCUT2D eigenvalue weighted by molar-refractivity contribution is 1.25. The third-order valence-corrected chi connectivity index (χ3v) is 2.05. The normalized spacial score (nSPS) is 8.43. The fourth-order valence-corrected chi connectivity index (χ4v) is 1.03. The smallest absolute Gasteiger partial charge is 0.148 e. The van der Waals surface area contributed by atoms with Gasteiger partial charge >= 0.3 is 0 Å². The van der Waals surface area contributed by atoms with Crippen molar-refractivity contribution in [1.29, 1.82) is 0 Å². The number of nitrogens with zero attached hydrogens (tertiary/aromatic N) is 4. The maximum atomic E-state index is 8.00. The van der Waals surface area contributed by atoms with E-state index >= 15 is 0 Å². The first kappa shape index (κ1) is 10.7. The van der Waals surface area contributed by atoms with Gasteiger partial charge in [0.15, 0.2) is 0 Å². The van der Waals surface area contributed by atoms with Crippen molar-refractivity contribution >= 4 is 23.2 Å². The van der Waals surface area contributed by atoms with E-state index in [1.165, 1.54) is 6.20 Å². The van der Waals surface area contributed by atoms with Crippen LogP contribution < -0.4 is 0 Å². The van der Waals surface area contributed by atoms with Gasteiger partial charge in [0.2, 0.25) is 0 Å². The zero-order chi connectivity index (χ0) is 10.4. The summed E-state index contributed by atoms with van der Waals surface area (Å²) >= 11 is 11.5. The average molecular weight is 227 g/mol. The molecule has 0 radical (unpaired) electrons. The monoisotopic (exact) mass is 226 g/mol. The van der Waals surface area contributed by atoms with Crippen molar-refractivity contribution in [3.8, 4) is 11.8 Å². The minimum absolute atomic E-state index is 0.104. The van der Waals surface area contributed by atoms with Gasteiger partial charge in [-0.25, -0.2) is 4.98 Å². The highest BCUT2D eigenvalue weighted by Crippen LogP contribution is 2.21. The van der Waals surface area contributed by atoms with E-state index in [0.717, 1.165) is 0 Å². The Morgan fingerprint density at radius 3 is 3.07 bits per heavy atom. The van der Waals surface area contributed by atoms with Crippen LogP contribution in [0.5, 0.6) is 0 Å². The molecule has 1 heterocycles. The molecule has 0 fully saturated rings. The summed E-state index contributed by atoms with van der Waals surface area (Å²) in [6.07, 6.45) is 1.51. The van der Waals surface area contributed by atoms with Crippen molar-refractivity contribution in [2.24, 2.45) is 5.11 Å². The fraction of sp³-hybridized carbons (Fsp3) is 0.125. The van der Waals surface area contributed by atoms with E-state index < -0.39 is 0 Å². The first-order valence-corrected chi connectivity index (χ1v) is 4.31. The van der Waals surface area contributed by atoms with E-state index in [4.69, 9.17) is 28.7 Å². The molecule has 70 valence electrons. The number of azide groups is 1. The Morgan fingerprint density at radius 1 is 1.57 bits per heavy atom. The van der Waals surface area contributed by atoms with E-state index in [2.05, 4.69) is 26.9 Å². The molecule has 0 spiro atoms. The van der Waals surface area contributed by atoms with Crippen LogP contribution in [0.4, 0.5) is 0 Å². The third-order valence-electron chi connectivity index (χ3n) is 1.28. The van der Waals surface area contributed by atoms with Crippen LogP contribution in [0, 0.1) is 11.8 Å². The molecule has 0 bridgehead atoms. The lowest BCUT2D eigenvalue weighted by Gasteiger charge is -1.95. The molecule has 0 unspecified atom stereocenters. The average Bonchev–Trinajstić information content (AvgIpc) is 2.19. The van der Waals surface area contributed by atoms with Crippen molar-refractivity contribution in [1.82, 2.24) is 4.98 Å². The molecule has 1 aromatic rings. The van der Waals surface area contributed by atoms with Gasteiger partial charge in [-0.2, -0.15) is 0 Å². The molecule has 0 N–H and O–H groups in total. The highest BCUT2D eigenvalue weighted by molar-refractivity contribution is 6.41. The van der Waals surface area contributed by atoms with Crippen LogP contribution in [-0.2, 0) is 0 Å². The summed E-state index contributed by atoms with van der Waals surface area (Å²) in [4.78, 5) is 6.33. The minimum atomic E-state index is 0.104. The number of rotatable bonds is 1. The largest absolute Gasteiger partial charge is 0.243 e. The van der Waals surface area contributed by atoms with Crippen molar-refractivity contribution < 1.29 is 0 Å². The Kier molecular flexibility index (Phi) is 4.09. The quantitative estimate of drug-likeness (QED) is 0.239. The molecule has 6 heteroatoms. The van der Waals surface area contributed by atoms with Gasteiger partial charge in [0.25, 0.3) is 0 Å². The van der Waals surface area contributed by atoms with Crippen LogP contribution in [0.15, 0.2) is 17.4 Å². The van der Waals surface area contributed by atoms with Crippen molar-refractivity contribution in [3.05, 3.63) is 38.4 Å². The Labute approximate surface area is 90.5 Å². The molecule has 14 heavy (non-hydrogen) atoms. The zero-order valence-corrected chi connectivity index (χ0v) is 8.42. The molecule has 0 aliphatic heterocycles. The second kappa shape index (κ2) is 5.36. The van der Waals surface area contributed by atoms with Gasteiger partial charge in [-0.1, -0.05) is 40.2 Å². The topological polar surface area (TPSA) is 61.7 Å². The lowest BCUT2D eigenvalue weighted by Crippen LogP contribution is -1.82. The predicted octanol–water partition coefficient (Wildman–Crippen LogP) is 3.05. The summed E-state index contributed by atoms with van der Waals surface area (Å²) in [5.41, 5.74) is 8.56. The number of halogens is 2. The third kappa shape index (κ3) is 2.82. The maximum absolute atomic E-state index is 8.00. The van der Waals surface area contributed by atoms with Gasteiger partial charge in [-0.15, -0.1) is 0 Å². The second-order valence-corrected chi connectivity index (χ2v) is 2.89. The van der Waals surface area contributed by atoms with Crippen LogP contribution in [-0.4, -0.2) is 11.5 Å². The molecule has 0 saturated carbocycles. The van der Waals surface area contributed by atoms with E-state index in [1.807, 2.05) is 0 Å². The Morgan fingerprint density at radius 2 is 2.36 bits per heavy atom. The summed E-state index contributed by atoms with van der Waals surface area (Å²) < 4.78 is 0. The molecule has 1 aromatic heterocycles. The van der Waals surface area contributed by atoms with Gasteiger partial charge in [0.05, 0.1) is 11.6 Å². The number of aromatic nitrogens is 1.